The Labute approximate surface area is 226 Å². The molecule has 2 aromatic carbocycles. The van der Waals surface area contributed by atoms with Crippen molar-refractivity contribution >= 4 is 35.2 Å². The van der Waals surface area contributed by atoms with Crippen LogP contribution in [-0.2, 0) is 43.4 Å². The first kappa shape index (κ1) is 27.9. The molecule has 1 unspecified atom stereocenters. The second-order valence-corrected chi connectivity index (χ2v) is 10.6. The zero-order valence-corrected chi connectivity index (χ0v) is 22.2. The van der Waals surface area contributed by atoms with E-state index in [9.17, 15) is 28.4 Å². The number of hydrogen-bond acceptors (Lipinski definition) is 6. The minimum absolute atomic E-state index is 0.0191. The molecule has 0 spiro atoms. The number of carbonyl (C=O) groups is 5. The third kappa shape index (κ3) is 5.55. The molecule has 3 amide bonds. The lowest BCUT2D eigenvalue weighted by Crippen LogP contribution is -2.66. The average Bonchev–Trinajstić information content (AvgIpc) is 3.17. The van der Waals surface area contributed by atoms with Gasteiger partial charge in [-0.1, -0.05) is 48.5 Å². The monoisotopic (exact) mass is 537 g/mol. The maximum Gasteiger partial charge on any atom is 0.408 e. The Hall–Kier alpha value is -4.08. The zero-order chi connectivity index (χ0) is 28.4. The standard InChI is InChI=1S/C29H32FN3O6/c1-18(34)14-22(23(35)16-30)31-25(36)29(3)15-21-11-7-10-20-12-13-28(2,26(37)33(29)24(20)21)32-27(38)39-17-19-8-5-4-6-9-19/h4-11,22H,12-17H2,1-3H3,(H,31,36)(H,32,38)/t22?,28-,29-/m0/s1. The number of ether oxygens (including phenoxy) is 1. The van der Waals surface area contributed by atoms with Crippen LogP contribution in [0, 0.1) is 0 Å². The number of para-hydroxylation sites is 1. The van der Waals surface area contributed by atoms with Crippen molar-refractivity contribution in [2.24, 2.45) is 0 Å². The lowest BCUT2D eigenvalue weighted by atomic mass is 9.88. The lowest BCUT2D eigenvalue weighted by Gasteiger charge is -2.39. The molecule has 2 N–H and O–H groups in total. The van der Waals surface area contributed by atoms with Crippen LogP contribution in [0.1, 0.15) is 50.3 Å². The van der Waals surface area contributed by atoms with Gasteiger partial charge < -0.3 is 15.4 Å². The third-order valence-corrected chi connectivity index (χ3v) is 7.42. The van der Waals surface area contributed by atoms with Crippen LogP contribution in [0.15, 0.2) is 48.5 Å². The van der Waals surface area contributed by atoms with Gasteiger partial charge in [0, 0.05) is 12.8 Å². The minimum Gasteiger partial charge on any atom is -0.445 e. The number of rotatable bonds is 9. The number of hydrogen-bond donors (Lipinski definition) is 2. The summed E-state index contributed by atoms with van der Waals surface area (Å²) in [5.74, 6) is -2.52. The van der Waals surface area contributed by atoms with Crippen LogP contribution in [0.5, 0.6) is 0 Å². The molecule has 0 fully saturated rings. The number of halogens is 1. The molecule has 39 heavy (non-hydrogen) atoms. The van der Waals surface area contributed by atoms with Gasteiger partial charge in [-0.25, -0.2) is 9.18 Å². The van der Waals surface area contributed by atoms with Crippen molar-refractivity contribution in [1.29, 1.82) is 0 Å². The topological polar surface area (TPSA) is 122 Å². The van der Waals surface area contributed by atoms with Crippen molar-refractivity contribution in [3.05, 3.63) is 65.2 Å². The molecule has 0 radical (unpaired) electrons. The molecular weight excluding hydrogens is 505 g/mol. The summed E-state index contributed by atoms with van der Waals surface area (Å²) in [4.78, 5) is 65.9. The number of carbonyl (C=O) groups excluding carboxylic acids is 5. The van der Waals surface area contributed by atoms with Gasteiger partial charge in [-0.2, -0.15) is 0 Å². The SMILES string of the molecule is CC(=O)CC(NC(=O)[C@]1(C)Cc2cccc3c2N1C(=O)[C@@](C)(NC(=O)OCc1ccccc1)CC3)C(=O)CF. The first-order valence-electron chi connectivity index (χ1n) is 12.8. The van der Waals surface area contributed by atoms with Crippen LogP contribution >= 0.6 is 0 Å². The van der Waals surface area contributed by atoms with E-state index in [0.717, 1.165) is 16.7 Å². The van der Waals surface area contributed by atoms with Gasteiger partial charge in [0.05, 0.1) is 11.7 Å². The summed E-state index contributed by atoms with van der Waals surface area (Å²) in [5, 5.41) is 5.23. The summed E-state index contributed by atoms with van der Waals surface area (Å²) in [7, 11) is 0. The van der Waals surface area contributed by atoms with E-state index >= 15 is 0 Å². The predicted octanol–water partition coefficient (Wildman–Crippen LogP) is 2.97. The molecule has 0 saturated heterocycles. The second kappa shape index (κ2) is 11.0. The van der Waals surface area contributed by atoms with Crippen LogP contribution in [0.4, 0.5) is 14.9 Å². The maximum absolute atomic E-state index is 14.2. The van der Waals surface area contributed by atoms with Gasteiger partial charge in [-0.3, -0.25) is 24.1 Å². The highest BCUT2D eigenvalue weighted by molar-refractivity contribution is 6.12. The third-order valence-electron chi connectivity index (χ3n) is 7.42. The summed E-state index contributed by atoms with van der Waals surface area (Å²) in [6.07, 6.45) is -0.292. The first-order chi connectivity index (χ1) is 18.5. The van der Waals surface area contributed by atoms with Gasteiger partial charge in [-0.15, -0.1) is 0 Å². The van der Waals surface area contributed by atoms with Crippen LogP contribution in [-0.4, -0.2) is 53.3 Å². The van der Waals surface area contributed by atoms with Gasteiger partial charge in [0.2, 0.25) is 5.91 Å². The highest BCUT2D eigenvalue weighted by Gasteiger charge is 2.55. The van der Waals surface area contributed by atoms with Crippen molar-refractivity contribution in [1.82, 2.24) is 10.6 Å². The molecule has 2 aliphatic rings. The minimum atomic E-state index is -1.50. The Kier molecular flexibility index (Phi) is 7.85. The maximum atomic E-state index is 14.2. The molecule has 0 aliphatic carbocycles. The van der Waals surface area contributed by atoms with E-state index in [4.69, 9.17) is 4.74 Å². The lowest BCUT2D eigenvalue weighted by molar-refractivity contribution is -0.135. The molecule has 2 aromatic rings. The highest BCUT2D eigenvalue weighted by atomic mass is 19.1. The van der Waals surface area contributed by atoms with E-state index in [1.807, 2.05) is 48.5 Å². The Morgan fingerprint density at radius 1 is 1.05 bits per heavy atom. The smallest absolute Gasteiger partial charge is 0.408 e. The Morgan fingerprint density at radius 3 is 2.41 bits per heavy atom. The predicted molar refractivity (Wildman–Crippen MR) is 141 cm³/mol. The van der Waals surface area contributed by atoms with E-state index in [0.29, 0.717) is 12.1 Å². The molecule has 10 heteroatoms. The van der Waals surface area contributed by atoms with E-state index < -0.39 is 47.5 Å². The fraction of sp³-hybridized carbons (Fsp3) is 0.414. The van der Waals surface area contributed by atoms with Crippen LogP contribution < -0.4 is 15.5 Å². The molecule has 9 nitrogen and oxygen atoms in total. The fourth-order valence-electron chi connectivity index (χ4n) is 5.26. The van der Waals surface area contributed by atoms with E-state index in [-0.39, 0.29) is 31.7 Å². The Balaban J connectivity index is 1.62. The zero-order valence-electron chi connectivity index (χ0n) is 22.2. The quantitative estimate of drug-likeness (QED) is 0.507. The number of anilines is 1. The number of amides is 3. The molecule has 2 aliphatic heterocycles. The van der Waals surface area contributed by atoms with Crippen molar-refractivity contribution < 1.29 is 33.1 Å². The van der Waals surface area contributed by atoms with Gasteiger partial charge in [0.25, 0.3) is 5.91 Å². The molecule has 206 valence electrons. The van der Waals surface area contributed by atoms with Gasteiger partial charge in [-0.05, 0) is 50.3 Å². The summed E-state index contributed by atoms with van der Waals surface area (Å²) < 4.78 is 18.6. The number of benzene rings is 2. The normalized spacial score (nSPS) is 22.4. The fourth-order valence-corrected chi connectivity index (χ4v) is 5.26. The van der Waals surface area contributed by atoms with Gasteiger partial charge >= 0.3 is 6.09 Å². The molecule has 4 rings (SSSR count). The number of ketones is 2. The number of alkyl halides is 1. The number of aryl methyl sites for hydroxylation is 1. The van der Waals surface area contributed by atoms with Crippen molar-refractivity contribution in [3.8, 4) is 0 Å². The number of Topliss-reactive ketones (excluding diaryl/α,β-unsaturated/α-hetero) is 2. The van der Waals surface area contributed by atoms with Crippen LogP contribution in [0.2, 0.25) is 0 Å². The van der Waals surface area contributed by atoms with Crippen molar-refractivity contribution in [3.63, 3.8) is 0 Å². The molecule has 2 heterocycles. The summed E-state index contributed by atoms with van der Waals surface area (Å²) in [6.45, 7) is 3.08. The van der Waals surface area contributed by atoms with E-state index in [1.165, 1.54) is 11.8 Å². The molecule has 0 aromatic heterocycles. The van der Waals surface area contributed by atoms with Crippen LogP contribution in [0.3, 0.4) is 0 Å². The highest BCUT2D eigenvalue weighted by Crippen LogP contribution is 2.45. The van der Waals surface area contributed by atoms with Crippen LogP contribution in [0.25, 0.3) is 0 Å². The number of nitrogens with zero attached hydrogens (tertiary/aromatic N) is 1. The summed E-state index contributed by atoms with van der Waals surface area (Å²) in [6, 6.07) is 13.3. The van der Waals surface area contributed by atoms with Crippen molar-refractivity contribution in [2.75, 3.05) is 11.6 Å². The number of alkyl carbamates (subject to hydrolysis) is 1. The Morgan fingerprint density at radius 2 is 1.74 bits per heavy atom. The van der Waals surface area contributed by atoms with Gasteiger partial charge in [0.1, 0.15) is 30.1 Å². The molecule has 0 saturated carbocycles. The summed E-state index contributed by atoms with van der Waals surface area (Å²) >= 11 is 0. The largest absolute Gasteiger partial charge is 0.445 e. The van der Waals surface area contributed by atoms with Crippen molar-refractivity contribution in [2.45, 2.75) is 70.2 Å². The van der Waals surface area contributed by atoms with Gasteiger partial charge in [0.15, 0.2) is 5.78 Å². The first-order valence-corrected chi connectivity index (χ1v) is 12.8. The molecular formula is C29H32FN3O6. The van der Waals surface area contributed by atoms with E-state index in [2.05, 4.69) is 10.6 Å². The number of nitrogens with one attached hydrogen (secondary N) is 2. The Bertz CT molecular complexity index is 1320. The summed E-state index contributed by atoms with van der Waals surface area (Å²) in [5.41, 5.74) is 0.0540. The average molecular weight is 538 g/mol. The molecule has 3 atom stereocenters. The van der Waals surface area contributed by atoms with E-state index in [1.54, 1.807) is 13.8 Å². The second-order valence-electron chi connectivity index (χ2n) is 10.6. The molecule has 0 bridgehead atoms.